The van der Waals surface area contributed by atoms with Crippen molar-refractivity contribution in [3.05, 3.63) is 16.3 Å². The van der Waals surface area contributed by atoms with E-state index in [1.54, 1.807) is 10.4 Å². The van der Waals surface area contributed by atoms with Crippen LogP contribution < -0.4 is 10.2 Å². The number of rotatable bonds is 2. The first-order valence-corrected chi connectivity index (χ1v) is 8.45. The van der Waals surface area contributed by atoms with Crippen molar-refractivity contribution < 1.29 is 0 Å². The number of hydrogen-bond donors (Lipinski definition) is 1. The van der Waals surface area contributed by atoms with Gasteiger partial charge in [0.15, 0.2) is 0 Å². The first-order valence-electron chi connectivity index (χ1n) is 7.63. The predicted molar refractivity (Wildman–Crippen MR) is 83.9 cm³/mol. The molecule has 0 aromatic carbocycles. The molecule has 0 atom stereocenters. The van der Waals surface area contributed by atoms with Crippen LogP contribution in [0.5, 0.6) is 0 Å². The maximum absolute atomic E-state index is 4.89. The second-order valence-electron chi connectivity index (χ2n) is 5.59. The van der Waals surface area contributed by atoms with Gasteiger partial charge in [-0.2, -0.15) is 0 Å². The Bertz CT molecular complexity index is 643. The van der Waals surface area contributed by atoms with Crippen molar-refractivity contribution in [3.63, 3.8) is 0 Å². The van der Waals surface area contributed by atoms with E-state index < -0.39 is 0 Å². The van der Waals surface area contributed by atoms with E-state index in [9.17, 15) is 0 Å². The van der Waals surface area contributed by atoms with Gasteiger partial charge < -0.3 is 10.2 Å². The van der Waals surface area contributed by atoms with E-state index in [2.05, 4.69) is 17.1 Å². The van der Waals surface area contributed by atoms with Crippen molar-refractivity contribution in [2.24, 2.45) is 0 Å². The van der Waals surface area contributed by atoms with Gasteiger partial charge >= 0.3 is 0 Å². The highest BCUT2D eigenvalue weighted by molar-refractivity contribution is 7.19. The Hall–Kier alpha value is -1.20. The normalized spacial score (nSPS) is 18.8. The lowest BCUT2D eigenvalue weighted by Crippen LogP contribution is -2.44. The highest BCUT2D eigenvalue weighted by atomic mass is 32.1. The maximum Gasteiger partial charge on any atom is 0.141 e. The van der Waals surface area contributed by atoms with Gasteiger partial charge in [0.25, 0.3) is 0 Å². The van der Waals surface area contributed by atoms with Gasteiger partial charge in [0.05, 0.1) is 5.39 Å². The molecule has 3 heterocycles. The number of piperazine rings is 1. The number of nitrogens with zero attached hydrogens (tertiary/aromatic N) is 3. The summed E-state index contributed by atoms with van der Waals surface area (Å²) in [6.07, 6.45) is 4.66. The highest BCUT2D eigenvalue weighted by Gasteiger charge is 2.25. The van der Waals surface area contributed by atoms with E-state index in [-0.39, 0.29) is 0 Å². The molecule has 0 radical (unpaired) electrons. The largest absolute Gasteiger partial charge is 0.353 e. The molecule has 0 unspecified atom stereocenters. The first-order chi connectivity index (χ1) is 9.86. The van der Waals surface area contributed by atoms with Gasteiger partial charge in [-0.1, -0.05) is 6.92 Å². The second-order valence-corrected chi connectivity index (χ2v) is 6.68. The average Bonchev–Trinajstić information content (AvgIpc) is 3.07. The zero-order valence-electron chi connectivity index (χ0n) is 11.9. The summed E-state index contributed by atoms with van der Waals surface area (Å²) in [6, 6.07) is 0. The molecule has 1 aliphatic carbocycles. The molecule has 2 aromatic rings. The van der Waals surface area contributed by atoms with E-state index in [0.29, 0.717) is 0 Å². The number of aromatic nitrogens is 2. The Kier molecular flexibility index (Phi) is 3.11. The predicted octanol–water partition coefficient (Wildman–Crippen LogP) is 2.15. The summed E-state index contributed by atoms with van der Waals surface area (Å²) < 4.78 is 0. The Morgan fingerprint density at radius 1 is 1.20 bits per heavy atom. The number of fused-ring (bicyclic) bond motifs is 3. The Labute approximate surface area is 123 Å². The monoisotopic (exact) mass is 288 g/mol. The number of aryl methyl sites for hydroxylation is 3. The van der Waals surface area contributed by atoms with Crippen molar-refractivity contribution in [1.82, 2.24) is 15.3 Å². The van der Waals surface area contributed by atoms with Crippen LogP contribution in [-0.4, -0.2) is 36.1 Å². The van der Waals surface area contributed by atoms with E-state index in [0.717, 1.165) is 38.4 Å². The average molecular weight is 288 g/mol. The minimum Gasteiger partial charge on any atom is -0.353 e. The van der Waals surface area contributed by atoms with Crippen LogP contribution in [0.4, 0.5) is 5.82 Å². The van der Waals surface area contributed by atoms with Crippen LogP contribution in [0.15, 0.2) is 0 Å². The molecule has 0 saturated carbocycles. The Morgan fingerprint density at radius 3 is 2.85 bits per heavy atom. The molecule has 5 heteroatoms. The third-order valence-electron chi connectivity index (χ3n) is 4.32. The summed E-state index contributed by atoms with van der Waals surface area (Å²) in [5.74, 6) is 2.19. The number of anilines is 1. The van der Waals surface area contributed by atoms with Crippen molar-refractivity contribution in [1.29, 1.82) is 0 Å². The van der Waals surface area contributed by atoms with Gasteiger partial charge in [-0.25, -0.2) is 9.97 Å². The smallest absolute Gasteiger partial charge is 0.141 e. The van der Waals surface area contributed by atoms with Crippen LogP contribution >= 0.6 is 11.3 Å². The molecule has 0 bridgehead atoms. The summed E-state index contributed by atoms with van der Waals surface area (Å²) in [5, 5.41) is 4.79. The second kappa shape index (κ2) is 4.97. The van der Waals surface area contributed by atoms with Crippen LogP contribution in [0.25, 0.3) is 10.2 Å². The molecular formula is C15H20N4S. The summed E-state index contributed by atoms with van der Waals surface area (Å²) in [4.78, 5) is 14.9. The third kappa shape index (κ3) is 1.91. The third-order valence-corrected chi connectivity index (χ3v) is 5.51. The van der Waals surface area contributed by atoms with Crippen molar-refractivity contribution >= 4 is 27.4 Å². The summed E-state index contributed by atoms with van der Waals surface area (Å²) in [5.41, 5.74) is 1.54. The van der Waals surface area contributed by atoms with Crippen molar-refractivity contribution in [2.75, 3.05) is 31.1 Å². The number of nitrogens with one attached hydrogen (secondary N) is 1. The maximum atomic E-state index is 4.89. The molecule has 2 aromatic heterocycles. The molecule has 1 aliphatic heterocycles. The van der Waals surface area contributed by atoms with Crippen LogP contribution in [0.2, 0.25) is 0 Å². The SMILES string of the molecule is CCc1nc(N2CCNCC2)c2c3c(sc2n1)CCC3. The molecule has 4 nitrogen and oxygen atoms in total. The van der Waals surface area contributed by atoms with Gasteiger partial charge in [0.2, 0.25) is 0 Å². The van der Waals surface area contributed by atoms with Crippen LogP contribution in [0.1, 0.15) is 29.6 Å². The quantitative estimate of drug-likeness (QED) is 0.919. The fourth-order valence-corrected chi connectivity index (χ4v) is 4.56. The van der Waals surface area contributed by atoms with Crippen molar-refractivity contribution in [2.45, 2.75) is 32.6 Å². The molecule has 1 saturated heterocycles. The minimum absolute atomic E-state index is 0.914. The lowest BCUT2D eigenvalue weighted by molar-refractivity contribution is 0.585. The summed E-state index contributed by atoms with van der Waals surface area (Å²) in [7, 11) is 0. The zero-order valence-corrected chi connectivity index (χ0v) is 12.7. The van der Waals surface area contributed by atoms with E-state index in [4.69, 9.17) is 9.97 Å². The lowest BCUT2D eigenvalue weighted by atomic mass is 10.1. The molecular weight excluding hydrogens is 268 g/mol. The van der Waals surface area contributed by atoms with Crippen LogP contribution in [-0.2, 0) is 19.3 Å². The van der Waals surface area contributed by atoms with Crippen molar-refractivity contribution in [3.8, 4) is 0 Å². The summed E-state index contributed by atoms with van der Waals surface area (Å²) in [6.45, 7) is 6.36. The molecule has 0 amide bonds. The van der Waals surface area contributed by atoms with Crippen LogP contribution in [0, 0.1) is 0 Å². The number of thiophene rings is 1. The number of hydrogen-bond acceptors (Lipinski definition) is 5. The lowest BCUT2D eigenvalue weighted by Gasteiger charge is -2.29. The molecule has 0 spiro atoms. The highest BCUT2D eigenvalue weighted by Crippen LogP contribution is 2.40. The summed E-state index contributed by atoms with van der Waals surface area (Å²) >= 11 is 1.90. The zero-order chi connectivity index (χ0) is 13.5. The van der Waals surface area contributed by atoms with Gasteiger partial charge in [-0.05, 0) is 24.8 Å². The van der Waals surface area contributed by atoms with E-state index in [1.807, 2.05) is 11.3 Å². The van der Waals surface area contributed by atoms with E-state index in [1.165, 1.54) is 35.3 Å². The Morgan fingerprint density at radius 2 is 2.05 bits per heavy atom. The van der Waals surface area contributed by atoms with Gasteiger partial charge in [0.1, 0.15) is 16.5 Å². The molecule has 1 fully saturated rings. The molecule has 4 rings (SSSR count). The Balaban J connectivity index is 1.91. The van der Waals surface area contributed by atoms with Gasteiger partial charge in [-0.15, -0.1) is 11.3 Å². The minimum atomic E-state index is 0.914. The van der Waals surface area contributed by atoms with Gasteiger partial charge in [0, 0.05) is 37.5 Å². The van der Waals surface area contributed by atoms with Gasteiger partial charge in [-0.3, -0.25) is 0 Å². The molecule has 106 valence electrons. The van der Waals surface area contributed by atoms with Crippen LogP contribution in [0.3, 0.4) is 0 Å². The topological polar surface area (TPSA) is 41.1 Å². The standard InChI is InChI=1S/C15H20N4S/c1-2-12-17-14(19-8-6-16-7-9-19)13-10-4-3-5-11(10)20-15(13)18-12/h16H,2-9H2,1H3. The first kappa shape index (κ1) is 12.5. The van der Waals surface area contributed by atoms with E-state index >= 15 is 0 Å². The fraction of sp³-hybridized carbons (Fsp3) is 0.600. The molecule has 20 heavy (non-hydrogen) atoms. The molecule has 2 aliphatic rings. The fourth-order valence-electron chi connectivity index (χ4n) is 3.28. The molecule has 1 N–H and O–H groups in total.